The van der Waals surface area contributed by atoms with E-state index in [0.29, 0.717) is 25.0 Å². The number of hydrogen-bond acceptors (Lipinski definition) is 5. The van der Waals surface area contributed by atoms with Gasteiger partial charge in [-0.25, -0.2) is 12.7 Å². The van der Waals surface area contributed by atoms with Crippen molar-refractivity contribution in [3.63, 3.8) is 0 Å². The molecule has 1 aliphatic carbocycles. The van der Waals surface area contributed by atoms with Crippen molar-refractivity contribution in [2.24, 2.45) is 5.92 Å². The van der Waals surface area contributed by atoms with Gasteiger partial charge in [-0.3, -0.25) is 0 Å². The minimum Gasteiger partial charge on any atom is -0.366 e. The molecule has 1 unspecified atom stereocenters. The number of nitrogens with zero attached hydrogens (tertiary/aromatic N) is 3. The van der Waals surface area contributed by atoms with E-state index in [1.807, 2.05) is 12.1 Å². The van der Waals surface area contributed by atoms with Crippen LogP contribution in [0.25, 0.3) is 0 Å². The zero-order valence-electron chi connectivity index (χ0n) is 13.0. The Morgan fingerprint density at radius 3 is 2.59 bits per heavy atom. The van der Waals surface area contributed by atoms with Gasteiger partial charge < -0.3 is 5.32 Å². The molecule has 1 saturated carbocycles. The van der Waals surface area contributed by atoms with Crippen molar-refractivity contribution in [3.8, 4) is 0 Å². The zero-order chi connectivity index (χ0) is 15.6. The highest BCUT2D eigenvalue weighted by Gasteiger charge is 2.28. The van der Waals surface area contributed by atoms with Crippen LogP contribution in [0.4, 0.5) is 5.82 Å². The van der Waals surface area contributed by atoms with E-state index in [1.165, 1.54) is 31.9 Å². The van der Waals surface area contributed by atoms with Crippen molar-refractivity contribution in [3.05, 3.63) is 17.8 Å². The highest BCUT2D eigenvalue weighted by molar-refractivity contribution is 7.88. The van der Waals surface area contributed by atoms with Crippen LogP contribution in [-0.2, 0) is 16.4 Å². The van der Waals surface area contributed by atoms with Crippen LogP contribution in [0.3, 0.4) is 0 Å². The lowest BCUT2D eigenvalue weighted by Crippen LogP contribution is -2.27. The third kappa shape index (κ3) is 3.95. The quantitative estimate of drug-likeness (QED) is 0.891. The van der Waals surface area contributed by atoms with Crippen LogP contribution in [0.5, 0.6) is 0 Å². The second-order valence-electron chi connectivity index (χ2n) is 6.52. The fraction of sp³-hybridized carbons (Fsp3) is 0.733. The lowest BCUT2D eigenvalue weighted by molar-refractivity contribution is 0.458. The van der Waals surface area contributed by atoms with Crippen molar-refractivity contribution in [1.29, 1.82) is 0 Å². The predicted molar refractivity (Wildman–Crippen MR) is 86.1 cm³/mol. The van der Waals surface area contributed by atoms with Crippen molar-refractivity contribution in [2.45, 2.75) is 44.6 Å². The summed E-state index contributed by atoms with van der Waals surface area (Å²) in [5.41, 5.74) is 0.942. The first-order chi connectivity index (χ1) is 10.5. The monoisotopic (exact) mass is 324 g/mol. The summed E-state index contributed by atoms with van der Waals surface area (Å²) in [6.07, 6.45) is 7.99. The first-order valence-corrected chi connectivity index (χ1v) is 9.90. The predicted octanol–water partition coefficient (Wildman–Crippen LogP) is 1.66. The Labute approximate surface area is 132 Å². The number of aromatic nitrogens is 2. The Kier molecular flexibility index (Phi) is 4.63. The molecule has 0 amide bonds. The van der Waals surface area contributed by atoms with Crippen LogP contribution in [-0.4, -0.2) is 48.3 Å². The number of hydrogen-bond donors (Lipinski definition) is 1. The highest BCUT2D eigenvalue weighted by atomic mass is 32.2. The molecule has 2 fully saturated rings. The molecule has 0 radical (unpaired) electrons. The van der Waals surface area contributed by atoms with Crippen LogP contribution in [0.1, 0.15) is 37.8 Å². The number of nitrogens with one attached hydrogen (secondary N) is 1. The van der Waals surface area contributed by atoms with Crippen molar-refractivity contribution in [2.75, 3.05) is 24.7 Å². The molecule has 1 aromatic heterocycles. The molecular formula is C15H24N4O2S. The molecule has 1 atom stereocenters. The Morgan fingerprint density at radius 2 is 2.00 bits per heavy atom. The van der Waals surface area contributed by atoms with Crippen molar-refractivity contribution in [1.82, 2.24) is 14.5 Å². The van der Waals surface area contributed by atoms with Gasteiger partial charge in [0.2, 0.25) is 10.0 Å². The maximum Gasteiger partial charge on any atom is 0.211 e. The Bertz CT molecular complexity index is 596. The molecule has 1 aromatic rings. The van der Waals surface area contributed by atoms with Crippen LogP contribution >= 0.6 is 0 Å². The fourth-order valence-electron chi connectivity index (χ4n) is 3.39. The van der Waals surface area contributed by atoms with Gasteiger partial charge in [0.25, 0.3) is 0 Å². The summed E-state index contributed by atoms with van der Waals surface area (Å²) in [6.45, 7) is 1.22. The molecule has 0 bridgehead atoms. The van der Waals surface area contributed by atoms with E-state index in [9.17, 15) is 8.42 Å². The highest BCUT2D eigenvalue weighted by Crippen LogP contribution is 2.23. The molecule has 1 saturated heterocycles. The largest absolute Gasteiger partial charge is 0.366 e. The smallest absolute Gasteiger partial charge is 0.211 e. The van der Waals surface area contributed by atoms with E-state index in [4.69, 9.17) is 0 Å². The van der Waals surface area contributed by atoms with Gasteiger partial charge >= 0.3 is 0 Å². The van der Waals surface area contributed by atoms with Gasteiger partial charge in [-0.2, -0.15) is 5.10 Å². The molecule has 0 spiro atoms. The number of sulfonamides is 1. The molecule has 1 aliphatic heterocycles. The third-order valence-electron chi connectivity index (χ3n) is 4.64. The lowest BCUT2D eigenvalue weighted by Gasteiger charge is -2.14. The van der Waals surface area contributed by atoms with Gasteiger partial charge in [-0.05, 0) is 43.7 Å². The average molecular weight is 324 g/mol. The third-order valence-corrected chi connectivity index (χ3v) is 5.91. The van der Waals surface area contributed by atoms with Gasteiger partial charge in [-0.1, -0.05) is 12.8 Å². The minimum atomic E-state index is -3.06. The molecule has 1 N–H and O–H groups in total. The molecule has 6 nitrogen and oxygen atoms in total. The van der Waals surface area contributed by atoms with E-state index in [2.05, 4.69) is 15.5 Å². The first kappa shape index (κ1) is 15.7. The van der Waals surface area contributed by atoms with Gasteiger partial charge in [0.05, 0.1) is 11.9 Å². The molecule has 2 aliphatic rings. The van der Waals surface area contributed by atoms with E-state index >= 15 is 0 Å². The van der Waals surface area contributed by atoms with Crippen LogP contribution in [0, 0.1) is 5.92 Å². The summed E-state index contributed by atoms with van der Waals surface area (Å²) in [6, 6.07) is 4.54. The second-order valence-corrected chi connectivity index (χ2v) is 8.50. The maximum atomic E-state index is 11.5. The normalized spacial score (nSPS) is 24.0. The van der Waals surface area contributed by atoms with Crippen LogP contribution < -0.4 is 5.32 Å². The van der Waals surface area contributed by atoms with E-state index in [-0.39, 0.29) is 0 Å². The fourth-order valence-corrected chi connectivity index (χ4v) is 4.30. The minimum absolute atomic E-state index is 0.345. The van der Waals surface area contributed by atoms with Gasteiger partial charge in [0.15, 0.2) is 0 Å². The lowest BCUT2D eigenvalue weighted by atomic mass is 10.0. The van der Waals surface area contributed by atoms with E-state index in [1.54, 1.807) is 4.31 Å². The summed E-state index contributed by atoms with van der Waals surface area (Å²) >= 11 is 0. The summed E-state index contributed by atoms with van der Waals surface area (Å²) in [5, 5.41) is 12.0. The molecule has 3 rings (SSSR count). The summed E-state index contributed by atoms with van der Waals surface area (Å²) in [4.78, 5) is 0. The Morgan fingerprint density at radius 1 is 1.23 bits per heavy atom. The second kappa shape index (κ2) is 6.50. The Hall–Kier alpha value is -1.21. The molecule has 2 heterocycles. The molecular weight excluding hydrogens is 300 g/mol. The maximum absolute atomic E-state index is 11.5. The van der Waals surface area contributed by atoms with Crippen LogP contribution in [0.15, 0.2) is 12.1 Å². The summed E-state index contributed by atoms with van der Waals surface area (Å²) in [7, 11) is -3.06. The topological polar surface area (TPSA) is 75.2 Å². The molecule has 7 heteroatoms. The Balaban J connectivity index is 1.53. The SMILES string of the molecule is CS(=O)(=O)N1CCC(Cc2ccc(NC3CCCC3)nn2)C1. The van der Waals surface area contributed by atoms with Crippen molar-refractivity contribution < 1.29 is 8.42 Å². The molecule has 0 aromatic carbocycles. The molecule has 122 valence electrons. The van der Waals surface area contributed by atoms with Crippen LogP contribution in [0.2, 0.25) is 0 Å². The standard InChI is InChI=1S/C15H24N4O2S/c1-22(20,21)19-9-8-12(11-19)10-14-6-7-15(18-17-14)16-13-4-2-3-5-13/h6-7,12-13H,2-5,8-11H2,1H3,(H,16,18). The molecule has 22 heavy (non-hydrogen) atoms. The zero-order valence-corrected chi connectivity index (χ0v) is 13.8. The van der Waals surface area contributed by atoms with Gasteiger partial charge in [-0.15, -0.1) is 5.10 Å². The van der Waals surface area contributed by atoms with Gasteiger partial charge in [0, 0.05) is 19.1 Å². The number of anilines is 1. The first-order valence-electron chi connectivity index (χ1n) is 8.05. The summed E-state index contributed by atoms with van der Waals surface area (Å²) in [5.74, 6) is 1.19. The average Bonchev–Trinajstić information content (AvgIpc) is 3.12. The summed E-state index contributed by atoms with van der Waals surface area (Å²) < 4.78 is 24.6. The van der Waals surface area contributed by atoms with Crippen molar-refractivity contribution >= 4 is 15.8 Å². The van der Waals surface area contributed by atoms with Gasteiger partial charge in [0.1, 0.15) is 5.82 Å². The number of rotatable bonds is 5. The van der Waals surface area contributed by atoms with E-state index < -0.39 is 10.0 Å². The van der Waals surface area contributed by atoms with E-state index in [0.717, 1.165) is 24.4 Å².